The highest BCUT2D eigenvalue weighted by Gasteiger charge is 2.33. The van der Waals surface area contributed by atoms with E-state index in [1.165, 1.54) is 6.07 Å². The van der Waals surface area contributed by atoms with Crippen molar-refractivity contribution in [1.29, 1.82) is 0 Å². The molecule has 162 valence electrons. The summed E-state index contributed by atoms with van der Waals surface area (Å²) in [5, 5.41) is 2.98. The Kier molecular flexibility index (Phi) is 5.48. The third-order valence-corrected chi connectivity index (χ3v) is 5.27. The number of alkyl halides is 3. The summed E-state index contributed by atoms with van der Waals surface area (Å²) in [6.45, 7) is 1.92. The van der Waals surface area contributed by atoms with Crippen LogP contribution >= 0.6 is 11.6 Å². The number of benzene rings is 3. The zero-order chi connectivity index (χ0) is 23.0. The molecule has 0 saturated carbocycles. The van der Waals surface area contributed by atoms with E-state index in [9.17, 15) is 18.0 Å². The fraction of sp³-hybridized carbons (Fsp3) is 0.0870. The average molecular weight is 457 g/mol. The summed E-state index contributed by atoms with van der Waals surface area (Å²) in [6.07, 6.45) is -3.03. The van der Waals surface area contributed by atoms with Gasteiger partial charge in [-0.25, -0.2) is 9.97 Å². The zero-order valence-corrected chi connectivity index (χ0v) is 17.4. The van der Waals surface area contributed by atoms with Crippen molar-refractivity contribution in [2.75, 3.05) is 11.1 Å². The van der Waals surface area contributed by atoms with Gasteiger partial charge in [0.1, 0.15) is 0 Å². The van der Waals surface area contributed by atoms with Crippen LogP contribution < -0.4 is 11.1 Å². The Morgan fingerprint density at radius 3 is 2.59 bits per heavy atom. The van der Waals surface area contributed by atoms with Crippen LogP contribution in [0.4, 0.5) is 24.8 Å². The third kappa shape index (κ3) is 4.36. The van der Waals surface area contributed by atoms with Gasteiger partial charge in [0.15, 0.2) is 0 Å². The molecular weight excluding hydrogens is 441 g/mol. The molecule has 3 aromatic carbocycles. The maximum Gasteiger partial charge on any atom is 0.417 e. The standard InChI is InChI=1S/C23H16ClF3N4O/c1-12-2-5-16(30-21(32)14-3-6-19(24)18(9-14)23(25,26)27)10-17(12)13-4-7-20-15(8-13)11-29-22(28)31-20/h2-11H,1H3,(H,30,32)(H2,28,29,31). The van der Waals surface area contributed by atoms with Gasteiger partial charge in [-0.15, -0.1) is 0 Å². The predicted molar refractivity (Wildman–Crippen MR) is 119 cm³/mol. The summed E-state index contributed by atoms with van der Waals surface area (Å²) in [5.41, 5.74) is 8.21. The van der Waals surface area contributed by atoms with Crippen molar-refractivity contribution in [2.45, 2.75) is 13.1 Å². The first-order valence-corrected chi connectivity index (χ1v) is 9.81. The van der Waals surface area contributed by atoms with E-state index in [0.29, 0.717) is 11.2 Å². The molecule has 5 nitrogen and oxygen atoms in total. The van der Waals surface area contributed by atoms with E-state index >= 15 is 0 Å². The molecule has 4 rings (SSSR count). The van der Waals surface area contributed by atoms with Gasteiger partial charge in [0, 0.05) is 22.8 Å². The van der Waals surface area contributed by atoms with Crippen LogP contribution in [-0.4, -0.2) is 15.9 Å². The number of aromatic nitrogens is 2. The number of aryl methyl sites for hydroxylation is 1. The number of nitrogens with one attached hydrogen (secondary N) is 1. The Labute approximate surface area is 186 Å². The number of nitrogens with zero attached hydrogens (tertiary/aromatic N) is 2. The van der Waals surface area contributed by atoms with Gasteiger partial charge < -0.3 is 11.1 Å². The van der Waals surface area contributed by atoms with Gasteiger partial charge in [0.2, 0.25) is 5.95 Å². The lowest BCUT2D eigenvalue weighted by Crippen LogP contribution is -2.14. The molecule has 0 fully saturated rings. The van der Waals surface area contributed by atoms with E-state index in [0.717, 1.165) is 34.2 Å². The van der Waals surface area contributed by atoms with E-state index in [1.54, 1.807) is 18.3 Å². The Bertz CT molecular complexity index is 1360. The van der Waals surface area contributed by atoms with Crippen LogP contribution in [0.15, 0.2) is 60.8 Å². The number of fused-ring (bicyclic) bond motifs is 1. The highest BCUT2D eigenvalue weighted by Crippen LogP contribution is 2.35. The van der Waals surface area contributed by atoms with Crippen molar-refractivity contribution in [3.05, 3.63) is 82.5 Å². The number of nitrogens with two attached hydrogens (primary N) is 1. The normalized spacial score (nSPS) is 11.5. The summed E-state index contributed by atoms with van der Waals surface area (Å²) >= 11 is 5.63. The molecule has 0 atom stereocenters. The highest BCUT2D eigenvalue weighted by molar-refractivity contribution is 6.31. The Morgan fingerprint density at radius 1 is 1.06 bits per heavy atom. The molecule has 0 spiro atoms. The first-order valence-electron chi connectivity index (χ1n) is 9.43. The highest BCUT2D eigenvalue weighted by atomic mass is 35.5. The molecule has 1 amide bonds. The lowest BCUT2D eigenvalue weighted by Gasteiger charge is -2.13. The SMILES string of the molecule is Cc1ccc(NC(=O)c2ccc(Cl)c(C(F)(F)F)c2)cc1-c1ccc2nc(N)ncc2c1. The summed E-state index contributed by atoms with van der Waals surface area (Å²) < 4.78 is 39.3. The molecule has 0 aliphatic heterocycles. The van der Waals surface area contributed by atoms with Crippen LogP contribution in [0.5, 0.6) is 0 Å². The van der Waals surface area contributed by atoms with E-state index in [2.05, 4.69) is 15.3 Å². The van der Waals surface area contributed by atoms with Crippen LogP contribution in [0.1, 0.15) is 21.5 Å². The largest absolute Gasteiger partial charge is 0.417 e. The number of rotatable bonds is 3. The van der Waals surface area contributed by atoms with Gasteiger partial charge in [0.05, 0.1) is 16.1 Å². The molecule has 0 unspecified atom stereocenters. The molecule has 0 saturated heterocycles. The maximum atomic E-state index is 13.1. The van der Waals surface area contributed by atoms with Crippen molar-refractivity contribution in [2.24, 2.45) is 0 Å². The minimum absolute atomic E-state index is 0.149. The van der Waals surface area contributed by atoms with E-state index in [-0.39, 0.29) is 11.5 Å². The molecule has 4 aromatic rings. The molecule has 0 bridgehead atoms. The fourth-order valence-electron chi connectivity index (χ4n) is 3.31. The van der Waals surface area contributed by atoms with Crippen LogP contribution in [0.2, 0.25) is 5.02 Å². The minimum Gasteiger partial charge on any atom is -0.368 e. The van der Waals surface area contributed by atoms with Crippen molar-refractivity contribution < 1.29 is 18.0 Å². The Morgan fingerprint density at radius 2 is 1.84 bits per heavy atom. The summed E-state index contributed by atoms with van der Waals surface area (Å²) in [7, 11) is 0. The van der Waals surface area contributed by atoms with Gasteiger partial charge in [-0.3, -0.25) is 4.79 Å². The number of hydrogen-bond donors (Lipinski definition) is 2. The number of halogens is 4. The number of hydrogen-bond acceptors (Lipinski definition) is 4. The van der Waals surface area contributed by atoms with Crippen molar-refractivity contribution in [1.82, 2.24) is 9.97 Å². The second-order valence-electron chi connectivity index (χ2n) is 7.18. The second kappa shape index (κ2) is 8.12. The zero-order valence-electron chi connectivity index (χ0n) is 16.7. The third-order valence-electron chi connectivity index (χ3n) is 4.94. The molecule has 3 N–H and O–H groups in total. The van der Waals surface area contributed by atoms with Crippen LogP contribution in [0.3, 0.4) is 0 Å². The second-order valence-corrected chi connectivity index (χ2v) is 7.59. The lowest BCUT2D eigenvalue weighted by molar-refractivity contribution is -0.137. The maximum absolute atomic E-state index is 13.1. The molecule has 9 heteroatoms. The molecule has 0 aliphatic carbocycles. The summed E-state index contributed by atoms with van der Waals surface area (Å²) in [4.78, 5) is 20.8. The minimum atomic E-state index is -4.66. The van der Waals surface area contributed by atoms with E-state index < -0.39 is 22.7 Å². The van der Waals surface area contributed by atoms with E-state index in [1.807, 2.05) is 31.2 Å². The summed E-state index contributed by atoms with van der Waals surface area (Å²) in [5.74, 6) is -0.494. The van der Waals surface area contributed by atoms with Crippen molar-refractivity contribution >= 4 is 40.0 Å². The Hall–Kier alpha value is -3.65. The number of carbonyl (C=O) groups is 1. The number of anilines is 2. The monoisotopic (exact) mass is 456 g/mol. The molecule has 1 heterocycles. The van der Waals surface area contributed by atoms with Crippen LogP contribution in [0, 0.1) is 6.92 Å². The van der Waals surface area contributed by atoms with E-state index in [4.69, 9.17) is 17.3 Å². The smallest absolute Gasteiger partial charge is 0.368 e. The molecule has 0 radical (unpaired) electrons. The van der Waals surface area contributed by atoms with Gasteiger partial charge in [-0.05, 0) is 66.1 Å². The van der Waals surface area contributed by atoms with Gasteiger partial charge >= 0.3 is 6.18 Å². The molecule has 1 aromatic heterocycles. The van der Waals surface area contributed by atoms with Crippen molar-refractivity contribution in [3.8, 4) is 11.1 Å². The molecular formula is C23H16ClF3N4O. The molecule has 32 heavy (non-hydrogen) atoms. The van der Waals surface area contributed by atoms with Gasteiger partial charge in [-0.2, -0.15) is 13.2 Å². The number of nitrogen functional groups attached to an aromatic ring is 1. The van der Waals surface area contributed by atoms with Crippen molar-refractivity contribution in [3.63, 3.8) is 0 Å². The Balaban J connectivity index is 1.65. The fourth-order valence-corrected chi connectivity index (χ4v) is 3.54. The number of amides is 1. The van der Waals surface area contributed by atoms with Crippen LogP contribution in [-0.2, 0) is 6.18 Å². The summed E-state index contributed by atoms with van der Waals surface area (Å²) in [6, 6.07) is 13.9. The average Bonchev–Trinajstić information content (AvgIpc) is 2.74. The van der Waals surface area contributed by atoms with Gasteiger partial charge in [-0.1, -0.05) is 23.7 Å². The lowest BCUT2D eigenvalue weighted by atomic mass is 9.98. The van der Waals surface area contributed by atoms with Crippen LogP contribution in [0.25, 0.3) is 22.0 Å². The molecule has 0 aliphatic rings. The number of carbonyl (C=O) groups excluding carboxylic acids is 1. The van der Waals surface area contributed by atoms with Gasteiger partial charge in [0.25, 0.3) is 5.91 Å². The predicted octanol–water partition coefficient (Wildman–Crippen LogP) is 6.11. The quantitative estimate of drug-likeness (QED) is 0.389. The first-order chi connectivity index (χ1) is 15.1. The topological polar surface area (TPSA) is 80.9 Å². The first kappa shape index (κ1) is 21.6.